The van der Waals surface area contributed by atoms with Gasteiger partial charge in [-0.3, -0.25) is 4.98 Å². The van der Waals surface area contributed by atoms with E-state index in [2.05, 4.69) is 42.2 Å². The van der Waals surface area contributed by atoms with Gasteiger partial charge in [0.1, 0.15) is 12.4 Å². The highest BCUT2D eigenvalue weighted by Gasteiger charge is 2.04. The standard InChI is InChI=1S/C22H25NO2/c1-17-13-21(15-20-10-6-11-23-22(17)20)25-16-19-9-5-8-18(14-19)7-3-2-4-12-24/h5-6,8-11,13-15,24H,2-4,7,12,16H2,1H3. The first-order chi connectivity index (χ1) is 12.3. The Morgan fingerprint density at radius 2 is 1.84 bits per heavy atom. The molecule has 0 radical (unpaired) electrons. The van der Waals surface area contributed by atoms with E-state index in [-0.39, 0.29) is 6.61 Å². The van der Waals surface area contributed by atoms with Gasteiger partial charge in [0, 0.05) is 18.2 Å². The van der Waals surface area contributed by atoms with E-state index in [1.165, 1.54) is 11.1 Å². The molecule has 3 aromatic rings. The first-order valence-electron chi connectivity index (χ1n) is 8.93. The van der Waals surface area contributed by atoms with Gasteiger partial charge in [-0.15, -0.1) is 0 Å². The molecular weight excluding hydrogens is 310 g/mol. The normalized spacial score (nSPS) is 11.0. The van der Waals surface area contributed by atoms with Crippen LogP contribution in [0.1, 0.15) is 36.0 Å². The largest absolute Gasteiger partial charge is 0.489 e. The van der Waals surface area contributed by atoms with Crippen LogP contribution in [-0.2, 0) is 13.0 Å². The van der Waals surface area contributed by atoms with Crippen molar-refractivity contribution in [3.63, 3.8) is 0 Å². The van der Waals surface area contributed by atoms with E-state index in [0.717, 1.165) is 47.9 Å². The summed E-state index contributed by atoms with van der Waals surface area (Å²) in [5.74, 6) is 0.881. The molecule has 0 aliphatic carbocycles. The summed E-state index contributed by atoms with van der Waals surface area (Å²) in [5.41, 5.74) is 4.67. The Morgan fingerprint density at radius 3 is 2.72 bits per heavy atom. The van der Waals surface area contributed by atoms with E-state index in [9.17, 15) is 0 Å². The molecule has 0 fully saturated rings. The van der Waals surface area contributed by atoms with Gasteiger partial charge in [0.15, 0.2) is 0 Å². The molecule has 1 aromatic heterocycles. The van der Waals surface area contributed by atoms with Crippen molar-refractivity contribution in [1.82, 2.24) is 4.98 Å². The van der Waals surface area contributed by atoms with E-state index >= 15 is 0 Å². The second-order valence-corrected chi connectivity index (χ2v) is 6.46. The third-order valence-corrected chi connectivity index (χ3v) is 4.39. The number of fused-ring (bicyclic) bond motifs is 1. The topological polar surface area (TPSA) is 42.4 Å². The summed E-state index contributed by atoms with van der Waals surface area (Å²) in [6.07, 6.45) is 5.94. The minimum atomic E-state index is 0.286. The Hall–Kier alpha value is -2.39. The van der Waals surface area contributed by atoms with Crippen LogP contribution in [0.5, 0.6) is 5.75 Å². The second-order valence-electron chi connectivity index (χ2n) is 6.46. The van der Waals surface area contributed by atoms with Crippen LogP contribution < -0.4 is 4.74 Å². The van der Waals surface area contributed by atoms with Crippen LogP contribution in [0.2, 0.25) is 0 Å². The van der Waals surface area contributed by atoms with Crippen LogP contribution in [0, 0.1) is 6.92 Å². The number of rotatable bonds is 8. The Bertz CT molecular complexity index is 829. The molecule has 1 N–H and O–H groups in total. The van der Waals surface area contributed by atoms with Crippen LogP contribution in [0.4, 0.5) is 0 Å². The summed E-state index contributed by atoms with van der Waals surface area (Å²) >= 11 is 0. The van der Waals surface area contributed by atoms with Crippen molar-refractivity contribution in [2.24, 2.45) is 0 Å². The summed E-state index contributed by atoms with van der Waals surface area (Å²) in [4.78, 5) is 4.42. The maximum absolute atomic E-state index is 8.85. The smallest absolute Gasteiger partial charge is 0.120 e. The van der Waals surface area contributed by atoms with Gasteiger partial charge in [-0.05, 0) is 61.1 Å². The van der Waals surface area contributed by atoms with E-state index in [1.807, 2.05) is 24.4 Å². The highest BCUT2D eigenvalue weighted by Crippen LogP contribution is 2.24. The number of aromatic nitrogens is 1. The summed E-state index contributed by atoms with van der Waals surface area (Å²) in [7, 11) is 0. The molecule has 25 heavy (non-hydrogen) atoms. The number of nitrogens with zero attached hydrogens (tertiary/aromatic N) is 1. The Labute approximate surface area is 149 Å². The fourth-order valence-electron chi connectivity index (χ4n) is 3.08. The predicted octanol–water partition coefficient (Wildman–Crippen LogP) is 4.83. The lowest BCUT2D eigenvalue weighted by Gasteiger charge is -2.10. The van der Waals surface area contributed by atoms with Crippen LogP contribution >= 0.6 is 0 Å². The third kappa shape index (κ3) is 4.80. The quantitative estimate of drug-likeness (QED) is 0.600. The second kappa shape index (κ2) is 8.63. The molecule has 0 spiro atoms. The minimum absolute atomic E-state index is 0.286. The van der Waals surface area contributed by atoms with Gasteiger partial charge in [0.2, 0.25) is 0 Å². The van der Waals surface area contributed by atoms with Gasteiger partial charge < -0.3 is 9.84 Å². The summed E-state index contributed by atoms with van der Waals surface area (Å²) < 4.78 is 6.02. The van der Waals surface area contributed by atoms with Gasteiger partial charge in [0.25, 0.3) is 0 Å². The number of ether oxygens (including phenoxy) is 1. The van der Waals surface area contributed by atoms with Crippen molar-refractivity contribution in [2.45, 2.75) is 39.2 Å². The number of unbranched alkanes of at least 4 members (excludes halogenated alkanes) is 2. The van der Waals surface area contributed by atoms with Crippen molar-refractivity contribution in [3.05, 3.63) is 71.4 Å². The van der Waals surface area contributed by atoms with Crippen LogP contribution in [-0.4, -0.2) is 16.7 Å². The lowest BCUT2D eigenvalue weighted by atomic mass is 10.0. The molecule has 0 unspecified atom stereocenters. The number of hydrogen-bond acceptors (Lipinski definition) is 3. The Kier molecular flexibility index (Phi) is 6.02. The first kappa shape index (κ1) is 17.4. The molecule has 0 amide bonds. The fourth-order valence-corrected chi connectivity index (χ4v) is 3.08. The Morgan fingerprint density at radius 1 is 0.960 bits per heavy atom. The molecular formula is C22H25NO2. The lowest BCUT2D eigenvalue weighted by molar-refractivity contribution is 0.283. The summed E-state index contributed by atoms with van der Waals surface area (Å²) in [6.45, 7) is 2.92. The molecule has 0 bridgehead atoms. The number of pyridine rings is 1. The molecule has 0 atom stereocenters. The average molecular weight is 335 g/mol. The number of aliphatic hydroxyl groups is 1. The minimum Gasteiger partial charge on any atom is -0.489 e. The third-order valence-electron chi connectivity index (χ3n) is 4.39. The predicted molar refractivity (Wildman–Crippen MR) is 102 cm³/mol. The zero-order chi connectivity index (χ0) is 17.5. The molecule has 3 heteroatoms. The zero-order valence-corrected chi connectivity index (χ0v) is 14.7. The van der Waals surface area contributed by atoms with E-state index in [0.29, 0.717) is 6.61 Å². The van der Waals surface area contributed by atoms with Crippen molar-refractivity contribution in [1.29, 1.82) is 0 Å². The molecule has 0 saturated heterocycles. The number of aliphatic hydroxyl groups excluding tert-OH is 1. The van der Waals surface area contributed by atoms with Gasteiger partial charge in [-0.1, -0.05) is 36.8 Å². The number of benzene rings is 2. The van der Waals surface area contributed by atoms with Gasteiger partial charge in [-0.25, -0.2) is 0 Å². The number of hydrogen-bond donors (Lipinski definition) is 1. The average Bonchev–Trinajstić information content (AvgIpc) is 2.64. The molecule has 3 nitrogen and oxygen atoms in total. The highest BCUT2D eigenvalue weighted by molar-refractivity contribution is 5.83. The van der Waals surface area contributed by atoms with Crippen molar-refractivity contribution >= 4 is 10.9 Å². The fraction of sp³-hybridized carbons (Fsp3) is 0.318. The molecule has 130 valence electrons. The highest BCUT2D eigenvalue weighted by atomic mass is 16.5. The maximum Gasteiger partial charge on any atom is 0.120 e. The molecule has 2 aromatic carbocycles. The molecule has 0 aliphatic heterocycles. The van der Waals surface area contributed by atoms with Crippen molar-refractivity contribution in [3.8, 4) is 5.75 Å². The molecule has 1 heterocycles. The SMILES string of the molecule is Cc1cc(OCc2cccc(CCCCCO)c2)cc2cccnc12. The van der Waals surface area contributed by atoms with Gasteiger partial charge in [0.05, 0.1) is 5.52 Å². The first-order valence-corrected chi connectivity index (χ1v) is 8.93. The Balaban J connectivity index is 1.63. The summed E-state index contributed by atoms with van der Waals surface area (Å²) in [6, 6.07) is 16.7. The van der Waals surface area contributed by atoms with E-state index in [4.69, 9.17) is 9.84 Å². The summed E-state index contributed by atoms with van der Waals surface area (Å²) in [5, 5.41) is 9.96. The van der Waals surface area contributed by atoms with Crippen LogP contribution in [0.3, 0.4) is 0 Å². The van der Waals surface area contributed by atoms with E-state index in [1.54, 1.807) is 0 Å². The van der Waals surface area contributed by atoms with Crippen LogP contribution in [0.15, 0.2) is 54.7 Å². The number of aryl methyl sites for hydroxylation is 2. The molecule has 3 rings (SSSR count). The molecule has 0 aliphatic rings. The maximum atomic E-state index is 8.85. The van der Waals surface area contributed by atoms with Crippen molar-refractivity contribution < 1.29 is 9.84 Å². The van der Waals surface area contributed by atoms with Crippen LogP contribution in [0.25, 0.3) is 10.9 Å². The van der Waals surface area contributed by atoms with E-state index < -0.39 is 0 Å². The van der Waals surface area contributed by atoms with Gasteiger partial charge >= 0.3 is 0 Å². The lowest BCUT2D eigenvalue weighted by Crippen LogP contribution is -1.98. The zero-order valence-electron chi connectivity index (χ0n) is 14.7. The monoisotopic (exact) mass is 335 g/mol. The van der Waals surface area contributed by atoms with Crippen molar-refractivity contribution in [2.75, 3.05) is 6.61 Å². The molecule has 0 saturated carbocycles. The van der Waals surface area contributed by atoms with Gasteiger partial charge in [-0.2, -0.15) is 0 Å².